The highest BCUT2D eigenvalue weighted by atomic mass is 35.5. The Balaban J connectivity index is 2.90. The van der Waals surface area contributed by atoms with Crippen LogP contribution >= 0.6 is 11.6 Å². The van der Waals surface area contributed by atoms with Crippen LogP contribution in [-0.4, -0.2) is 45.6 Å². The molecule has 0 aromatic heterocycles. The van der Waals surface area contributed by atoms with Crippen molar-refractivity contribution in [3.63, 3.8) is 0 Å². The number of hydrogen-bond acceptors (Lipinski definition) is 4. The van der Waals surface area contributed by atoms with Crippen LogP contribution < -0.4 is 10.2 Å². The van der Waals surface area contributed by atoms with Crippen LogP contribution in [0.5, 0.6) is 0 Å². The lowest BCUT2D eigenvalue weighted by Gasteiger charge is -2.25. The molecule has 0 fully saturated rings. The molecule has 1 rings (SSSR count). The molecule has 1 unspecified atom stereocenters. The quantitative estimate of drug-likeness (QED) is 0.768. The maximum Gasteiger partial charge on any atom is 0.0642 e. The Morgan fingerprint density at radius 1 is 1.42 bits per heavy atom. The number of hydrogen-bond donors (Lipinski definition) is 2. The summed E-state index contributed by atoms with van der Waals surface area (Å²) in [7, 11) is 3.58. The van der Waals surface area contributed by atoms with Crippen LogP contribution in [0.15, 0.2) is 18.2 Å². The molecule has 1 aromatic carbocycles. The SMILES string of the molecule is CNC(C)c1ccc(N(CCO)CCOC)c(Cl)c1. The van der Waals surface area contributed by atoms with Crippen LogP contribution in [0, 0.1) is 0 Å². The summed E-state index contributed by atoms with van der Waals surface area (Å²) in [5.41, 5.74) is 2.08. The van der Waals surface area contributed by atoms with Gasteiger partial charge in [0.2, 0.25) is 0 Å². The number of aliphatic hydroxyl groups is 1. The number of rotatable bonds is 8. The number of anilines is 1. The maximum absolute atomic E-state index is 9.13. The van der Waals surface area contributed by atoms with Gasteiger partial charge >= 0.3 is 0 Å². The Kier molecular flexibility index (Phi) is 7.16. The van der Waals surface area contributed by atoms with Crippen molar-refractivity contribution in [3.8, 4) is 0 Å². The second-order valence-electron chi connectivity index (χ2n) is 4.42. The van der Waals surface area contributed by atoms with Crippen molar-refractivity contribution >= 4 is 17.3 Å². The molecular formula is C14H23ClN2O2. The topological polar surface area (TPSA) is 44.7 Å². The summed E-state index contributed by atoms with van der Waals surface area (Å²) >= 11 is 6.35. The largest absolute Gasteiger partial charge is 0.395 e. The summed E-state index contributed by atoms with van der Waals surface area (Å²) in [6.45, 7) is 4.03. The molecule has 2 N–H and O–H groups in total. The molecule has 0 saturated carbocycles. The summed E-state index contributed by atoms with van der Waals surface area (Å²) in [4.78, 5) is 2.03. The van der Waals surface area contributed by atoms with E-state index in [1.54, 1.807) is 7.11 Å². The van der Waals surface area contributed by atoms with E-state index in [9.17, 15) is 0 Å². The molecule has 0 heterocycles. The second-order valence-corrected chi connectivity index (χ2v) is 4.83. The average Bonchev–Trinajstić information content (AvgIpc) is 2.42. The van der Waals surface area contributed by atoms with E-state index >= 15 is 0 Å². The first-order valence-corrected chi connectivity index (χ1v) is 6.83. The molecule has 108 valence electrons. The molecule has 1 aromatic rings. The molecule has 5 heteroatoms. The predicted molar refractivity (Wildman–Crippen MR) is 80.1 cm³/mol. The lowest BCUT2D eigenvalue weighted by Crippen LogP contribution is -2.30. The van der Waals surface area contributed by atoms with E-state index in [0.717, 1.165) is 11.3 Å². The summed E-state index contributed by atoms with van der Waals surface area (Å²) in [6.07, 6.45) is 0. The smallest absolute Gasteiger partial charge is 0.0642 e. The zero-order valence-electron chi connectivity index (χ0n) is 11.8. The van der Waals surface area contributed by atoms with Crippen LogP contribution in [0.4, 0.5) is 5.69 Å². The van der Waals surface area contributed by atoms with Crippen LogP contribution in [0.3, 0.4) is 0 Å². The standard InChI is InChI=1S/C14H23ClN2O2/c1-11(16-2)12-4-5-14(13(15)10-12)17(6-8-18)7-9-19-3/h4-5,10-11,16,18H,6-9H2,1-3H3. The van der Waals surface area contributed by atoms with Gasteiger partial charge in [-0.25, -0.2) is 0 Å². The molecule has 19 heavy (non-hydrogen) atoms. The summed E-state index contributed by atoms with van der Waals surface area (Å²) in [6, 6.07) is 6.28. The summed E-state index contributed by atoms with van der Waals surface area (Å²) in [5, 5.41) is 13.0. The Hall–Kier alpha value is -0.810. The van der Waals surface area contributed by atoms with Gasteiger partial charge in [0.1, 0.15) is 0 Å². The molecule has 4 nitrogen and oxygen atoms in total. The molecule has 0 amide bonds. The summed E-state index contributed by atoms with van der Waals surface area (Å²) < 4.78 is 5.08. The zero-order chi connectivity index (χ0) is 14.3. The van der Waals surface area contributed by atoms with Crippen LogP contribution in [0.25, 0.3) is 0 Å². The molecule has 0 aliphatic rings. The van der Waals surface area contributed by atoms with Crippen LogP contribution in [0.1, 0.15) is 18.5 Å². The van der Waals surface area contributed by atoms with E-state index in [2.05, 4.69) is 18.3 Å². The van der Waals surface area contributed by atoms with E-state index in [0.29, 0.717) is 24.7 Å². The van der Waals surface area contributed by atoms with Gasteiger partial charge in [0, 0.05) is 26.2 Å². The lowest BCUT2D eigenvalue weighted by atomic mass is 10.1. The molecular weight excluding hydrogens is 264 g/mol. The van der Waals surface area contributed by atoms with Crippen LogP contribution in [0.2, 0.25) is 5.02 Å². The predicted octanol–water partition coefficient (Wildman–Crippen LogP) is 2.07. The van der Waals surface area contributed by atoms with E-state index in [4.69, 9.17) is 21.4 Å². The van der Waals surface area contributed by atoms with Gasteiger partial charge in [-0.1, -0.05) is 17.7 Å². The van der Waals surface area contributed by atoms with Gasteiger partial charge in [-0.05, 0) is 31.7 Å². The van der Waals surface area contributed by atoms with Crippen molar-refractivity contribution in [2.45, 2.75) is 13.0 Å². The van der Waals surface area contributed by atoms with Crippen molar-refractivity contribution in [1.82, 2.24) is 5.32 Å². The highest BCUT2D eigenvalue weighted by Crippen LogP contribution is 2.28. The minimum atomic E-state index is 0.0920. The highest BCUT2D eigenvalue weighted by molar-refractivity contribution is 6.33. The van der Waals surface area contributed by atoms with E-state index < -0.39 is 0 Å². The van der Waals surface area contributed by atoms with Gasteiger partial charge in [0.15, 0.2) is 0 Å². The van der Waals surface area contributed by atoms with Gasteiger partial charge in [-0.2, -0.15) is 0 Å². The fourth-order valence-corrected chi connectivity index (χ4v) is 2.20. The third-order valence-electron chi connectivity index (χ3n) is 3.18. The number of halogens is 1. The van der Waals surface area contributed by atoms with Crippen molar-refractivity contribution in [2.75, 3.05) is 45.4 Å². The van der Waals surface area contributed by atoms with Crippen molar-refractivity contribution in [3.05, 3.63) is 28.8 Å². The summed E-state index contributed by atoms with van der Waals surface area (Å²) in [5.74, 6) is 0. The fraction of sp³-hybridized carbons (Fsp3) is 0.571. The van der Waals surface area contributed by atoms with Gasteiger partial charge in [0.05, 0.1) is 23.9 Å². The normalized spacial score (nSPS) is 12.5. The fourth-order valence-electron chi connectivity index (χ4n) is 1.89. The number of benzene rings is 1. The first kappa shape index (κ1) is 16.2. The minimum absolute atomic E-state index is 0.0920. The van der Waals surface area contributed by atoms with Gasteiger partial charge < -0.3 is 20.1 Å². The number of methoxy groups -OCH3 is 1. The van der Waals surface area contributed by atoms with Gasteiger partial charge in [0.25, 0.3) is 0 Å². The van der Waals surface area contributed by atoms with E-state index in [-0.39, 0.29) is 12.6 Å². The first-order chi connectivity index (χ1) is 9.13. The van der Waals surface area contributed by atoms with Gasteiger partial charge in [-0.15, -0.1) is 0 Å². The molecule has 0 aliphatic heterocycles. The van der Waals surface area contributed by atoms with Crippen molar-refractivity contribution < 1.29 is 9.84 Å². The molecule has 0 bridgehead atoms. The number of ether oxygens (including phenoxy) is 1. The second kappa shape index (κ2) is 8.38. The Bertz CT molecular complexity index is 388. The van der Waals surface area contributed by atoms with Crippen molar-refractivity contribution in [2.24, 2.45) is 0 Å². The third-order valence-corrected chi connectivity index (χ3v) is 3.48. The van der Waals surface area contributed by atoms with Crippen LogP contribution in [-0.2, 0) is 4.74 Å². The molecule has 0 aliphatic carbocycles. The Morgan fingerprint density at radius 2 is 2.16 bits per heavy atom. The monoisotopic (exact) mass is 286 g/mol. The molecule has 0 radical (unpaired) electrons. The maximum atomic E-state index is 9.13. The van der Waals surface area contributed by atoms with E-state index in [1.165, 1.54) is 0 Å². The average molecular weight is 287 g/mol. The number of nitrogens with one attached hydrogen (secondary N) is 1. The van der Waals surface area contributed by atoms with Crippen molar-refractivity contribution in [1.29, 1.82) is 0 Å². The number of aliphatic hydroxyl groups excluding tert-OH is 1. The lowest BCUT2D eigenvalue weighted by molar-refractivity contribution is 0.203. The minimum Gasteiger partial charge on any atom is -0.395 e. The highest BCUT2D eigenvalue weighted by Gasteiger charge is 2.12. The third kappa shape index (κ3) is 4.66. The Morgan fingerprint density at radius 3 is 2.68 bits per heavy atom. The molecule has 1 atom stereocenters. The number of nitrogens with zero attached hydrogens (tertiary/aromatic N) is 1. The van der Waals surface area contributed by atoms with E-state index in [1.807, 2.05) is 24.1 Å². The van der Waals surface area contributed by atoms with Gasteiger partial charge in [-0.3, -0.25) is 0 Å². The molecule has 0 saturated heterocycles. The zero-order valence-corrected chi connectivity index (χ0v) is 12.6. The molecule has 0 spiro atoms. The Labute approximate surface area is 120 Å². The first-order valence-electron chi connectivity index (χ1n) is 6.45.